The number of rotatable bonds is 3. The summed E-state index contributed by atoms with van der Waals surface area (Å²) in [5, 5.41) is 0.183. The first kappa shape index (κ1) is 12.2. The summed E-state index contributed by atoms with van der Waals surface area (Å²) in [4.78, 5) is 17.0. The number of hydrogen-bond acceptors (Lipinski definition) is 7. The molecule has 0 fully saturated rings. The number of thiazole rings is 1. The molecule has 0 bridgehead atoms. The topological polar surface area (TPSA) is 105 Å². The third-order valence-electron chi connectivity index (χ3n) is 1.77. The Morgan fingerprint density at radius 3 is 2.53 bits per heavy atom. The van der Waals surface area contributed by atoms with Crippen molar-refractivity contribution >= 4 is 38.0 Å². The summed E-state index contributed by atoms with van der Waals surface area (Å²) in [6.45, 7) is 3.19. The number of hydrogen-bond donors (Lipinski definition) is 2. The molecular formula is C7H8N4O3S3. The minimum absolute atomic E-state index is 0.0321. The summed E-state index contributed by atoms with van der Waals surface area (Å²) in [5.74, 6) is 0.492. The van der Waals surface area contributed by atoms with Gasteiger partial charge in [0, 0.05) is 17.2 Å². The Labute approximate surface area is 105 Å². The van der Waals surface area contributed by atoms with E-state index in [4.69, 9.17) is 0 Å². The lowest BCUT2D eigenvalue weighted by Gasteiger charge is -2.01. The molecule has 0 saturated carbocycles. The first-order valence-electron chi connectivity index (χ1n) is 4.41. The van der Waals surface area contributed by atoms with Gasteiger partial charge in [-0.05, 0) is 13.8 Å². The second-order valence-electron chi connectivity index (χ2n) is 3.18. The van der Waals surface area contributed by atoms with Gasteiger partial charge in [-0.25, -0.2) is 13.4 Å². The molecule has 92 valence electrons. The number of aromatic nitrogens is 3. The third kappa shape index (κ3) is 2.53. The predicted molar refractivity (Wildman–Crippen MR) is 65.1 cm³/mol. The van der Waals surface area contributed by atoms with Gasteiger partial charge in [0.15, 0.2) is 4.21 Å². The Morgan fingerprint density at radius 1 is 1.35 bits per heavy atom. The number of sulfonamides is 1. The Balaban J connectivity index is 2.37. The van der Waals surface area contributed by atoms with E-state index in [1.807, 2.05) is 0 Å². The maximum absolute atomic E-state index is 11.9. The average molecular weight is 292 g/mol. The summed E-state index contributed by atoms with van der Waals surface area (Å²) >= 11 is 1.59. The van der Waals surface area contributed by atoms with Gasteiger partial charge in [0.1, 0.15) is 5.82 Å². The van der Waals surface area contributed by atoms with Crippen molar-refractivity contribution < 1.29 is 8.42 Å². The number of H-pyrrole nitrogens is 1. The first-order chi connectivity index (χ1) is 7.88. The molecule has 0 amide bonds. The van der Waals surface area contributed by atoms with E-state index < -0.39 is 14.9 Å². The van der Waals surface area contributed by atoms with Crippen molar-refractivity contribution in [1.29, 1.82) is 0 Å². The van der Waals surface area contributed by atoms with Crippen LogP contribution in [0.25, 0.3) is 0 Å². The van der Waals surface area contributed by atoms with Gasteiger partial charge in [-0.15, -0.1) is 0 Å². The Morgan fingerprint density at radius 2 is 2.06 bits per heavy atom. The molecule has 0 saturated heterocycles. The van der Waals surface area contributed by atoms with Crippen LogP contribution in [0.15, 0.2) is 9.00 Å². The highest BCUT2D eigenvalue weighted by Crippen LogP contribution is 2.21. The molecule has 2 N–H and O–H groups in total. The Hall–Kier alpha value is -1.26. The SMILES string of the molecule is Cc1nsc(NS(=O)(=O)c2sc(=O)[nH]c2C)n1. The van der Waals surface area contributed by atoms with E-state index in [0.29, 0.717) is 22.9 Å². The van der Waals surface area contributed by atoms with Crippen LogP contribution < -0.4 is 9.60 Å². The van der Waals surface area contributed by atoms with Crippen LogP contribution in [0.4, 0.5) is 5.13 Å². The van der Waals surface area contributed by atoms with E-state index in [2.05, 4.69) is 19.1 Å². The number of nitrogens with zero attached hydrogens (tertiary/aromatic N) is 2. The van der Waals surface area contributed by atoms with Crippen LogP contribution in [0.2, 0.25) is 0 Å². The van der Waals surface area contributed by atoms with Gasteiger partial charge in [0.25, 0.3) is 10.0 Å². The normalized spacial score (nSPS) is 11.6. The van der Waals surface area contributed by atoms with Gasteiger partial charge < -0.3 is 4.98 Å². The summed E-state index contributed by atoms with van der Waals surface area (Å²) < 4.78 is 30.0. The predicted octanol–water partition coefficient (Wildman–Crippen LogP) is 0.706. The van der Waals surface area contributed by atoms with E-state index in [9.17, 15) is 13.2 Å². The zero-order valence-corrected chi connectivity index (χ0v) is 11.3. The number of aromatic amines is 1. The smallest absolute Gasteiger partial charge is 0.306 e. The van der Waals surface area contributed by atoms with Crippen LogP contribution in [-0.2, 0) is 10.0 Å². The van der Waals surface area contributed by atoms with Crippen molar-refractivity contribution in [2.75, 3.05) is 4.72 Å². The highest BCUT2D eigenvalue weighted by atomic mass is 32.2. The molecule has 10 heteroatoms. The van der Waals surface area contributed by atoms with Gasteiger partial charge in [-0.1, -0.05) is 11.3 Å². The number of anilines is 1. The van der Waals surface area contributed by atoms with Crippen LogP contribution >= 0.6 is 22.9 Å². The number of aryl methyl sites for hydroxylation is 2. The molecule has 0 unspecified atom stereocenters. The van der Waals surface area contributed by atoms with E-state index in [0.717, 1.165) is 11.5 Å². The molecule has 2 rings (SSSR count). The van der Waals surface area contributed by atoms with Crippen LogP contribution in [0.5, 0.6) is 0 Å². The van der Waals surface area contributed by atoms with Crippen molar-refractivity contribution in [2.45, 2.75) is 18.1 Å². The second-order valence-corrected chi connectivity index (χ2v) is 6.79. The van der Waals surface area contributed by atoms with Crippen molar-refractivity contribution in [2.24, 2.45) is 0 Å². The van der Waals surface area contributed by atoms with Crippen LogP contribution in [0.1, 0.15) is 11.5 Å². The average Bonchev–Trinajstić information content (AvgIpc) is 2.72. The summed E-state index contributed by atoms with van der Waals surface area (Å²) in [6.07, 6.45) is 0. The van der Waals surface area contributed by atoms with Gasteiger partial charge in [0.05, 0.1) is 0 Å². The molecule has 17 heavy (non-hydrogen) atoms. The molecule has 0 aliphatic heterocycles. The molecule has 2 heterocycles. The van der Waals surface area contributed by atoms with E-state index in [1.54, 1.807) is 6.92 Å². The van der Waals surface area contributed by atoms with Crippen molar-refractivity contribution in [3.05, 3.63) is 21.2 Å². The van der Waals surface area contributed by atoms with Gasteiger partial charge in [0.2, 0.25) is 5.13 Å². The quantitative estimate of drug-likeness (QED) is 0.866. The van der Waals surface area contributed by atoms with Crippen molar-refractivity contribution in [1.82, 2.24) is 14.3 Å². The van der Waals surface area contributed by atoms with E-state index in [-0.39, 0.29) is 9.34 Å². The molecule has 0 atom stereocenters. The van der Waals surface area contributed by atoms with E-state index >= 15 is 0 Å². The summed E-state index contributed by atoms with van der Waals surface area (Å²) in [7, 11) is -3.76. The molecule has 0 radical (unpaired) electrons. The first-order valence-corrected chi connectivity index (χ1v) is 7.48. The minimum atomic E-state index is -3.76. The molecule has 0 aromatic carbocycles. The molecule has 7 nitrogen and oxygen atoms in total. The third-order valence-corrected chi connectivity index (χ3v) is 5.57. The standard InChI is InChI=1S/C7H8N4O3S3/c1-3-5(15-7(12)8-3)17(13,14)11-6-9-4(2)10-16-6/h1-2H3,(H,8,12)(H,9,10,11). The van der Waals surface area contributed by atoms with Gasteiger partial charge >= 0.3 is 4.87 Å². The summed E-state index contributed by atoms with van der Waals surface area (Å²) in [5.41, 5.74) is 0.314. The highest BCUT2D eigenvalue weighted by Gasteiger charge is 2.21. The molecule has 2 aromatic rings. The zero-order valence-electron chi connectivity index (χ0n) is 8.84. The van der Waals surface area contributed by atoms with Crippen LogP contribution in [0.3, 0.4) is 0 Å². The largest absolute Gasteiger partial charge is 0.315 e. The zero-order chi connectivity index (χ0) is 12.6. The second kappa shape index (κ2) is 4.20. The molecule has 0 aliphatic carbocycles. The fourth-order valence-electron chi connectivity index (χ4n) is 1.15. The molecule has 0 aliphatic rings. The fourth-order valence-corrected chi connectivity index (χ4v) is 4.25. The monoisotopic (exact) mass is 292 g/mol. The Bertz CT molecular complexity index is 696. The molecular weight excluding hydrogens is 284 g/mol. The van der Waals surface area contributed by atoms with Crippen molar-refractivity contribution in [3.63, 3.8) is 0 Å². The van der Waals surface area contributed by atoms with Gasteiger partial charge in [-0.2, -0.15) is 4.37 Å². The van der Waals surface area contributed by atoms with Crippen molar-refractivity contribution in [3.8, 4) is 0 Å². The maximum Gasteiger partial charge on any atom is 0.306 e. The lowest BCUT2D eigenvalue weighted by Crippen LogP contribution is -2.12. The highest BCUT2D eigenvalue weighted by molar-refractivity contribution is 7.94. The van der Waals surface area contributed by atoms with Crippen LogP contribution in [0, 0.1) is 13.8 Å². The summed E-state index contributed by atoms with van der Waals surface area (Å²) in [6, 6.07) is 0. The minimum Gasteiger partial charge on any atom is -0.315 e. The maximum atomic E-state index is 11.9. The molecule has 0 spiro atoms. The van der Waals surface area contributed by atoms with Gasteiger partial charge in [-0.3, -0.25) is 9.52 Å². The Kier molecular flexibility index (Phi) is 3.02. The lowest BCUT2D eigenvalue weighted by atomic mass is 10.6. The lowest BCUT2D eigenvalue weighted by molar-refractivity contribution is 0.602. The van der Waals surface area contributed by atoms with E-state index in [1.165, 1.54) is 6.92 Å². The fraction of sp³-hybridized carbons (Fsp3) is 0.286. The molecule has 2 aromatic heterocycles. The van der Waals surface area contributed by atoms with Crippen LogP contribution in [-0.4, -0.2) is 22.8 Å². The number of nitrogens with one attached hydrogen (secondary N) is 2.